The van der Waals surface area contributed by atoms with E-state index in [4.69, 9.17) is 0 Å². The molecule has 1 unspecified atom stereocenters. The summed E-state index contributed by atoms with van der Waals surface area (Å²) in [5.74, 6) is 0. The lowest BCUT2D eigenvalue weighted by atomic mass is 9.91. The van der Waals surface area contributed by atoms with Gasteiger partial charge in [0, 0.05) is 6.42 Å². The predicted octanol–water partition coefficient (Wildman–Crippen LogP) is 2.70. The van der Waals surface area contributed by atoms with Crippen LogP contribution in [-0.4, -0.2) is 10.7 Å². The molecule has 0 radical (unpaired) electrons. The number of hydrogen-bond donors (Lipinski definition) is 1. The van der Waals surface area contributed by atoms with Gasteiger partial charge in [-0.15, -0.1) is 0 Å². The summed E-state index contributed by atoms with van der Waals surface area (Å²) in [5, 5.41) is 10.3. The molecule has 1 N–H and O–H groups in total. The van der Waals surface area contributed by atoms with Crippen LogP contribution in [0, 0.1) is 0 Å². The van der Waals surface area contributed by atoms with Crippen LogP contribution in [0.25, 0.3) is 0 Å². The fourth-order valence-electron chi connectivity index (χ4n) is 2.14. The molecule has 0 heterocycles. The fraction of sp³-hybridized carbons (Fsp3) is 0.385. The van der Waals surface area contributed by atoms with Gasteiger partial charge in [-0.05, 0) is 25.3 Å². The van der Waals surface area contributed by atoms with E-state index in [0.717, 1.165) is 19.3 Å². The Morgan fingerprint density at radius 2 is 2.00 bits per heavy atom. The van der Waals surface area contributed by atoms with Crippen LogP contribution in [-0.2, 0) is 6.42 Å². The maximum absolute atomic E-state index is 10.3. The van der Waals surface area contributed by atoms with Crippen LogP contribution in [0.15, 0.2) is 42.0 Å². The molecule has 1 atom stereocenters. The van der Waals surface area contributed by atoms with Crippen molar-refractivity contribution in [3.8, 4) is 0 Å². The molecule has 1 aliphatic rings. The quantitative estimate of drug-likeness (QED) is 0.707. The Kier molecular flexibility index (Phi) is 2.42. The molecule has 0 aromatic heterocycles. The molecule has 0 aliphatic heterocycles. The Balaban J connectivity index is 2.06. The zero-order valence-corrected chi connectivity index (χ0v) is 8.53. The van der Waals surface area contributed by atoms with E-state index in [1.54, 1.807) is 0 Å². The minimum absolute atomic E-state index is 0.522. The molecule has 74 valence electrons. The molecular weight excluding hydrogens is 172 g/mol. The first-order valence-electron chi connectivity index (χ1n) is 5.10. The topological polar surface area (TPSA) is 20.2 Å². The predicted molar refractivity (Wildman–Crippen MR) is 58.1 cm³/mol. The normalized spacial score (nSPS) is 26.3. The molecule has 2 rings (SSSR count). The van der Waals surface area contributed by atoms with Gasteiger partial charge in [0.05, 0.1) is 5.60 Å². The lowest BCUT2D eigenvalue weighted by molar-refractivity contribution is 0.0527. The van der Waals surface area contributed by atoms with Gasteiger partial charge in [0.15, 0.2) is 0 Å². The van der Waals surface area contributed by atoms with Crippen LogP contribution in [0.4, 0.5) is 0 Å². The molecule has 14 heavy (non-hydrogen) atoms. The van der Waals surface area contributed by atoms with Gasteiger partial charge in [-0.3, -0.25) is 0 Å². The zero-order chi connectivity index (χ0) is 10.0. The second-order valence-corrected chi connectivity index (χ2v) is 4.32. The van der Waals surface area contributed by atoms with Gasteiger partial charge in [-0.1, -0.05) is 42.0 Å². The minimum atomic E-state index is -0.522. The van der Waals surface area contributed by atoms with Crippen molar-refractivity contribution in [3.63, 3.8) is 0 Å². The summed E-state index contributed by atoms with van der Waals surface area (Å²) in [6.45, 7) is 2.09. The summed E-state index contributed by atoms with van der Waals surface area (Å²) >= 11 is 0. The molecule has 1 aromatic carbocycles. The average molecular weight is 188 g/mol. The van der Waals surface area contributed by atoms with E-state index in [1.807, 2.05) is 18.2 Å². The summed E-state index contributed by atoms with van der Waals surface area (Å²) in [6.07, 6.45) is 4.53. The third-order valence-corrected chi connectivity index (χ3v) is 2.81. The molecule has 0 bridgehead atoms. The highest BCUT2D eigenvalue weighted by Crippen LogP contribution is 2.31. The Morgan fingerprint density at radius 1 is 1.29 bits per heavy atom. The highest BCUT2D eigenvalue weighted by atomic mass is 16.3. The maximum Gasteiger partial charge on any atom is 0.0759 e. The summed E-state index contributed by atoms with van der Waals surface area (Å²) in [7, 11) is 0. The van der Waals surface area contributed by atoms with Crippen molar-refractivity contribution < 1.29 is 5.11 Å². The third kappa shape index (κ3) is 2.05. The van der Waals surface area contributed by atoms with Gasteiger partial charge < -0.3 is 5.11 Å². The number of aliphatic hydroxyl groups is 1. The van der Waals surface area contributed by atoms with Crippen molar-refractivity contribution in [2.75, 3.05) is 0 Å². The van der Waals surface area contributed by atoms with E-state index in [9.17, 15) is 5.11 Å². The van der Waals surface area contributed by atoms with Crippen LogP contribution in [0.3, 0.4) is 0 Å². The minimum Gasteiger partial charge on any atom is -0.389 e. The van der Waals surface area contributed by atoms with Gasteiger partial charge in [0.25, 0.3) is 0 Å². The van der Waals surface area contributed by atoms with Gasteiger partial charge in [0.1, 0.15) is 0 Å². The molecule has 0 saturated heterocycles. The molecule has 1 aliphatic carbocycles. The molecule has 0 amide bonds. The molecule has 1 heteroatoms. The lowest BCUT2D eigenvalue weighted by Crippen LogP contribution is -2.27. The van der Waals surface area contributed by atoms with E-state index < -0.39 is 5.60 Å². The molecule has 1 aromatic rings. The van der Waals surface area contributed by atoms with E-state index in [0.29, 0.717) is 0 Å². The second-order valence-electron chi connectivity index (χ2n) is 4.32. The monoisotopic (exact) mass is 188 g/mol. The van der Waals surface area contributed by atoms with Gasteiger partial charge in [-0.25, -0.2) is 0 Å². The van der Waals surface area contributed by atoms with Crippen molar-refractivity contribution in [2.24, 2.45) is 0 Å². The molecule has 0 saturated carbocycles. The first-order valence-corrected chi connectivity index (χ1v) is 5.10. The van der Waals surface area contributed by atoms with Gasteiger partial charge >= 0.3 is 0 Å². The van der Waals surface area contributed by atoms with Crippen LogP contribution < -0.4 is 0 Å². The summed E-state index contributed by atoms with van der Waals surface area (Å²) in [6, 6.07) is 10.2. The SMILES string of the molecule is CC1=CCC(O)(Cc2ccccc2)C1. The Hall–Kier alpha value is -1.08. The van der Waals surface area contributed by atoms with Gasteiger partial charge in [0.2, 0.25) is 0 Å². The largest absolute Gasteiger partial charge is 0.389 e. The second kappa shape index (κ2) is 3.58. The molecule has 0 spiro atoms. The maximum atomic E-state index is 10.3. The molecule has 0 fully saturated rings. The van der Waals surface area contributed by atoms with Crippen molar-refractivity contribution in [1.82, 2.24) is 0 Å². The highest BCUT2D eigenvalue weighted by Gasteiger charge is 2.30. The summed E-state index contributed by atoms with van der Waals surface area (Å²) in [4.78, 5) is 0. The molecule has 1 nitrogen and oxygen atoms in total. The average Bonchev–Trinajstić information content (AvgIpc) is 2.47. The van der Waals surface area contributed by atoms with E-state index in [-0.39, 0.29) is 0 Å². The van der Waals surface area contributed by atoms with E-state index in [1.165, 1.54) is 11.1 Å². The number of benzene rings is 1. The van der Waals surface area contributed by atoms with Crippen molar-refractivity contribution in [2.45, 2.75) is 31.8 Å². The first kappa shape index (κ1) is 9.47. The highest BCUT2D eigenvalue weighted by molar-refractivity contribution is 5.22. The third-order valence-electron chi connectivity index (χ3n) is 2.81. The van der Waals surface area contributed by atoms with Gasteiger partial charge in [-0.2, -0.15) is 0 Å². The fourth-order valence-corrected chi connectivity index (χ4v) is 2.14. The number of hydrogen-bond acceptors (Lipinski definition) is 1. The zero-order valence-electron chi connectivity index (χ0n) is 8.53. The van der Waals surface area contributed by atoms with Crippen LogP contribution >= 0.6 is 0 Å². The van der Waals surface area contributed by atoms with Crippen LogP contribution in [0.2, 0.25) is 0 Å². The van der Waals surface area contributed by atoms with E-state index in [2.05, 4.69) is 25.1 Å². The first-order chi connectivity index (χ1) is 6.68. The van der Waals surface area contributed by atoms with Crippen molar-refractivity contribution >= 4 is 0 Å². The lowest BCUT2D eigenvalue weighted by Gasteiger charge is -2.22. The van der Waals surface area contributed by atoms with Crippen LogP contribution in [0.5, 0.6) is 0 Å². The smallest absolute Gasteiger partial charge is 0.0759 e. The molecular formula is C13H16O. The number of rotatable bonds is 2. The Bertz CT molecular complexity index is 340. The Labute approximate surface area is 85.1 Å². The summed E-state index contributed by atoms with van der Waals surface area (Å²) in [5.41, 5.74) is 2.01. The summed E-state index contributed by atoms with van der Waals surface area (Å²) < 4.78 is 0. The van der Waals surface area contributed by atoms with E-state index >= 15 is 0 Å². The standard InChI is InChI=1S/C13H16O/c1-11-7-8-13(14,9-11)10-12-5-3-2-4-6-12/h2-7,14H,8-10H2,1H3. The Morgan fingerprint density at radius 3 is 2.57 bits per heavy atom. The van der Waals surface area contributed by atoms with Crippen LogP contribution in [0.1, 0.15) is 25.3 Å². The van der Waals surface area contributed by atoms with Crippen molar-refractivity contribution in [1.29, 1.82) is 0 Å². The van der Waals surface area contributed by atoms with Crippen molar-refractivity contribution in [3.05, 3.63) is 47.5 Å².